The normalized spacial score (nSPS) is 43.8. The van der Waals surface area contributed by atoms with Crippen molar-refractivity contribution in [3.63, 3.8) is 0 Å². The fraction of sp³-hybridized carbons (Fsp3) is 0.500. The van der Waals surface area contributed by atoms with E-state index in [4.69, 9.17) is 18.9 Å². The molecular weight excluding hydrogens is 280 g/mol. The van der Waals surface area contributed by atoms with Gasteiger partial charge in [-0.2, -0.15) is 0 Å². The molecule has 4 bridgehead atoms. The van der Waals surface area contributed by atoms with Crippen LogP contribution in [-0.2, 0) is 18.9 Å². The summed E-state index contributed by atoms with van der Waals surface area (Å²) < 4.78 is 21.3. The number of rotatable bonds is 2. The molecule has 112 valence electrons. The molecule has 21 heavy (non-hydrogen) atoms. The summed E-state index contributed by atoms with van der Waals surface area (Å²) in [5.41, 5.74) is 0.381. The van der Waals surface area contributed by atoms with Gasteiger partial charge in [-0.25, -0.2) is 4.79 Å². The first kappa shape index (κ1) is 13.2. The van der Waals surface area contributed by atoms with Crippen molar-refractivity contribution in [2.45, 2.75) is 43.1 Å². The fourth-order valence-corrected chi connectivity index (χ4v) is 3.01. The lowest BCUT2D eigenvalue weighted by Crippen LogP contribution is -2.75. The van der Waals surface area contributed by atoms with Crippen LogP contribution in [0.5, 0.6) is 0 Å². The zero-order chi connectivity index (χ0) is 14.6. The van der Waals surface area contributed by atoms with Crippen molar-refractivity contribution in [1.29, 1.82) is 0 Å². The second kappa shape index (κ2) is 4.75. The van der Waals surface area contributed by atoms with E-state index in [1.54, 1.807) is 30.3 Å². The molecule has 0 amide bonds. The monoisotopic (exact) mass is 294 g/mol. The van der Waals surface area contributed by atoms with E-state index in [0.717, 1.165) is 0 Å². The van der Waals surface area contributed by atoms with Crippen LogP contribution in [0, 0.1) is 0 Å². The van der Waals surface area contributed by atoms with Crippen LogP contribution in [0.2, 0.25) is 0 Å². The van der Waals surface area contributed by atoms with E-state index in [1.165, 1.54) is 0 Å². The Balaban J connectivity index is 1.56. The lowest BCUT2D eigenvalue weighted by Gasteiger charge is -2.56. The molecule has 1 aliphatic carbocycles. The number of hydrogen-bond donors (Lipinski definition) is 2. The summed E-state index contributed by atoms with van der Waals surface area (Å²) in [5.74, 6) is -0.555. The van der Waals surface area contributed by atoms with Crippen LogP contribution in [-0.4, -0.2) is 59.3 Å². The van der Waals surface area contributed by atoms with Gasteiger partial charge < -0.3 is 29.2 Å². The Morgan fingerprint density at radius 1 is 0.952 bits per heavy atom. The molecule has 1 aromatic carbocycles. The quantitative estimate of drug-likeness (QED) is 0.704. The molecule has 4 fully saturated rings. The van der Waals surface area contributed by atoms with Gasteiger partial charge in [0.1, 0.15) is 30.5 Å². The van der Waals surface area contributed by atoms with Gasteiger partial charge in [0.05, 0.1) is 5.56 Å². The summed E-state index contributed by atoms with van der Waals surface area (Å²) in [4.78, 5) is 12.1. The number of aliphatic hydroxyl groups excluding tert-OH is 2. The van der Waals surface area contributed by atoms with Gasteiger partial charge in [-0.15, -0.1) is 0 Å². The minimum atomic E-state index is -1.06. The van der Waals surface area contributed by atoms with Crippen LogP contribution >= 0.6 is 0 Å². The number of benzene rings is 1. The van der Waals surface area contributed by atoms with E-state index >= 15 is 0 Å². The lowest BCUT2D eigenvalue weighted by atomic mass is 9.82. The zero-order valence-electron chi connectivity index (χ0n) is 10.9. The highest BCUT2D eigenvalue weighted by atomic mass is 16.9. The topological polar surface area (TPSA) is 94.5 Å². The Labute approximate surface area is 120 Å². The van der Waals surface area contributed by atoms with Crippen molar-refractivity contribution in [2.24, 2.45) is 0 Å². The molecule has 1 aromatic rings. The second-order valence-corrected chi connectivity index (χ2v) is 5.31. The molecule has 4 aliphatic rings. The summed E-state index contributed by atoms with van der Waals surface area (Å²) in [6.45, 7) is -0.927. The summed E-state index contributed by atoms with van der Waals surface area (Å²) >= 11 is 0. The van der Waals surface area contributed by atoms with Crippen LogP contribution in [0.15, 0.2) is 30.3 Å². The maximum atomic E-state index is 12.1. The van der Waals surface area contributed by atoms with Crippen molar-refractivity contribution >= 4 is 5.97 Å². The Morgan fingerprint density at radius 2 is 1.52 bits per heavy atom. The molecule has 3 heterocycles. The maximum absolute atomic E-state index is 12.1. The molecule has 3 aliphatic heterocycles. The summed E-state index contributed by atoms with van der Waals surface area (Å²) in [6, 6.07) is 8.47. The van der Waals surface area contributed by atoms with Crippen molar-refractivity contribution < 1.29 is 34.0 Å². The van der Waals surface area contributed by atoms with E-state index in [0.29, 0.717) is 5.56 Å². The highest BCUT2D eigenvalue weighted by Crippen LogP contribution is 2.41. The predicted molar refractivity (Wildman–Crippen MR) is 66.1 cm³/mol. The number of carbonyl (C=O) groups excluding carboxylic acids is 1. The molecule has 0 aromatic heterocycles. The lowest BCUT2D eigenvalue weighted by molar-refractivity contribution is -0.480. The van der Waals surface area contributed by atoms with E-state index in [-0.39, 0.29) is 0 Å². The van der Waals surface area contributed by atoms with Gasteiger partial charge in [0.2, 0.25) is 0 Å². The Bertz CT molecular complexity index is 528. The van der Waals surface area contributed by atoms with Crippen LogP contribution in [0.1, 0.15) is 10.4 Å². The molecule has 5 rings (SSSR count). The van der Waals surface area contributed by atoms with Gasteiger partial charge in [0.15, 0.2) is 6.10 Å². The number of hydrogen-bond acceptors (Lipinski definition) is 7. The summed E-state index contributed by atoms with van der Waals surface area (Å²) in [7, 11) is 0. The first-order chi connectivity index (χ1) is 10.1. The van der Waals surface area contributed by atoms with Crippen LogP contribution in [0.25, 0.3) is 0 Å². The average molecular weight is 294 g/mol. The van der Waals surface area contributed by atoms with E-state index in [1.807, 2.05) is 0 Å². The third kappa shape index (κ3) is 1.97. The first-order valence-electron chi connectivity index (χ1n) is 6.74. The number of aliphatic hydroxyl groups is 2. The standard InChI is InChI=1S/C14H14O7/c15-7-9-8(16)11-12(10(7)20-14(19-9)21-11)18-13(17)6-4-2-1-3-5-6/h1-5,7-12,14-16H/t7?,8?,9-,10-,11?,12+,14+/m0/s1. The molecule has 7 nitrogen and oxygen atoms in total. The van der Waals surface area contributed by atoms with Crippen LogP contribution in [0.3, 0.4) is 0 Å². The van der Waals surface area contributed by atoms with Crippen molar-refractivity contribution in [3.05, 3.63) is 35.9 Å². The minimum Gasteiger partial charge on any atom is -0.453 e. The Morgan fingerprint density at radius 3 is 2.14 bits per heavy atom. The van der Waals surface area contributed by atoms with Gasteiger partial charge in [-0.1, -0.05) is 18.2 Å². The Kier molecular flexibility index (Phi) is 2.98. The summed E-state index contributed by atoms with van der Waals surface area (Å²) in [5, 5.41) is 20.2. The maximum Gasteiger partial charge on any atom is 0.338 e. The molecule has 2 N–H and O–H groups in total. The van der Waals surface area contributed by atoms with Crippen molar-refractivity contribution in [2.75, 3.05) is 0 Å². The van der Waals surface area contributed by atoms with Gasteiger partial charge in [-0.3, -0.25) is 0 Å². The van der Waals surface area contributed by atoms with E-state index < -0.39 is 49.1 Å². The molecule has 7 atom stereocenters. The highest BCUT2D eigenvalue weighted by molar-refractivity contribution is 5.89. The third-order valence-corrected chi connectivity index (χ3v) is 4.05. The number of ether oxygens (including phenoxy) is 4. The van der Waals surface area contributed by atoms with Crippen LogP contribution < -0.4 is 0 Å². The Hall–Kier alpha value is -1.51. The van der Waals surface area contributed by atoms with Gasteiger partial charge in [0.25, 0.3) is 6.48 Å². The molecule has 3 unspecified atom stereocenters. The zero-order valence-corrected chi connectivity index (χ0v) is 10.9. The SMILES string of the molecule is O=C(O[C@H]1C2O[C@@H]3O[C@H](C2O)C(O)[C@@H]1O3)c1ccccc1. The van der Waals surface area contributed by atoms with E-state index in [2.05, 4.69) is 0 Å². The van der Waals surface area contributed by atoms with Crippen molar-refractivity contribution in [1.82, 2.24) is 0 Å². The average Bonchev–Trinajstić information content (AvgIpc) is 2.51. The molecular formula is C14H14O7. The first-order valence-corrected chi connectivity index (χ1v) is 6.74. The van der Waals surface area contributed by atoms with Gasteiger partial charge in [-0.05, 0) is 12.1 Å². The highest BCUT2D eigenvalue weighted by Gasteiger charge is 2.62. The van der Waals surface area contributed by atoms with Gasteiger partial charge in [0, 0.05) is 0 Å². The molecule has 3 saturated heterocycles. The number of carbonyl (C=O) groups is 1. The van der Waals surface area contributed by atoms with Crippen LogP contribution in [0.4, 0.5) is 0 Å². The summed E-state index contributed by atoms with van der Waals surface area (Å²) in [6.07, 6.45) is -5.31. The number of esters is 1. The fourth-order valence-electron chi connectivity index (χ4n) is 3.01. The third-order valence-electron chi connectivity index (χ3n) is 4.05. The smallest absolute Gasteiger partial charge is 0.338 e. The molecule has 1 saturated carbocycles. The van der Waals surface area contributed by atoms with E-state index in [9.17, 15) is 15.0 Å². The molecule has 7 heteroatoms. The predicted octanol–water partition coefficient (Wildman–Crippen LogP) is -0.586. The molecule has 0 radical (unpaired) electrons. The second-order valence-electron chi connectivity index (χ2n) is 5.31. The van der Waals surface area contributed by atoms with Gasteiger partial charge >= 0.3 is 5.97 Å². The minimum absolute atomic E-state index is 0.381. The largest absolute Gasteiger partial charge is 0.453 e. The molecule has 0 spiro atoms. The van der Waals surface area contributed by atoms with Crippen molar-refractivity contribution in [3.8, 4) is 0 Å².